The van der Waals surface area contributed by atoms with E-state index >= 15 is 0 Å². The third-order valence-corrected chi connectivity index (χ3v) is 7.12. The molecule has 0 aliphatic rings. The molecule has 0 atom stereocenters. The maximum Gasteiger partial charge on any atom is 0.320 e. The molecule has 0 aliphatic heterocycles. The van der Waals surface area contributed by atoms with E-state index < -0.39 is 26.9 Å². The molecule has 0 fully saturated rings. The standard InChI is InChI=1S/C6H19NO3SSi2/c1-12(2,3)7-11(8,9)10-13(4,5)6/h7H,1-6H3. The van der Waals surface area contributed by atoms with Crippen molar-refractivity contribution in [3.63, 3.8) is 0 Å². The Morgan fingerprint density at radius 2 is 1.38 bits per heavy atom. The molecule has 7 heteroatoms. The Kier molecular flexibility index (Phi) is 3.90. The Bertz CT molecular complexity index is 241. The Balaban J connectivity index is 4.46. The van der Waals surface area contributed by atoms with E-state index in [1.807, 2.05) is 39.3 Å². The number of nitrogens with one attached hydrogen (secondary N) is 1. The molecule has 80 valence electrons. The van der Waals surface area contributed by atoms with Crippen LogP contribution >= 0.6 is 0 Å². The first-order chi connectivity index (χ1) is 5.41. The quantitative estimate of drug-likeness (QED) is 0.759. The summed E-state index contributed by atoms with van der Waals surface area (Å²) >= 11 is 0. The summed E-state index contributed by atoms with van der Waals surface area (Å²) in [6, 6.07) is 0. The van der Waals surface area contributed by atoms with Crippen LogP contribution in [0.2, 0.25) is 39.3 Å². The topological polar surface area (TPSA) is 55.4 Å². The van der Waals surface area contributed by atoms with E-state index in [0.29, 0.717) is 0 Å². The van der Waals surface area contributed by atoms with Crippen LogP contribution in [0.25, 0.3) is 0 Å². The van der Waals surface area contributed by atoms with Gasteiger partial charge in [0, 0.05) is 0 Å². The average molecular weight is 241 g/mol. The maximum absolute atomic E-state index is 11.4. The summed E-state index contributed by atoms with van der Waals surface area (Å²) in [5.74, 6) is 0. The van der Waals surface area contributed by atoms with E-state index in [-0.39, 0.29) is 0 Å². The Morgan fingerprint density at radius 1 is 1.00 bits per heavy atom. The predicted octanol–water partition coefficient (Wildman–Crippen LogP) is 1.51. The number of hydrogen-bond acceptors (Lipinski definition) is 3. The van der Waals surface area contributed by atoms with Gasteiger partial charge in [-0.05, 0) is 19.6 Å². The van der Waals surface area contributed by atoms with Crippen molar-refractivity contribution in [1.82, 2.24) is 4.39 Å². The molecule has 0 radical (unpaired) electrons. The van der Waals surface area contributed by atoms with E-state index in [0.717, 1.165) is 0 Å². The lowest BCUT2D eigenvalue weighted by Gasteiger charge is -2.22. The van der Waals surface area contributed by atoms with Crippen LogP contribution in [0.5, 0.6) is 0 Å². The highest BCUT2D eigenvalue weighted by Gasteiger charge is 2.28. The second kappa shape index (κ2) is 3.81. The minimum Gasteiger partial charge on any atom is -0.304 e. The molecule has 0 bridgehead atoms. The van der Waals surface area contributed by atoms with Crippen molar-refractivity contribution in [3.8, 4) is 0 Å². The molecule has 0 aromatic rings. The third-order valence-electron chi connectivity index (χ3n) is 0.791. The molecule has 1 N–H and O–H groups in total. The minimum absolute atomic E-state index is 1.83. The molecule has 0 aromatic heterocycles. The summed E-state index contributed by atoms with van der Waals surface area (Å²) < 4.78 is 30.4. The number of hydrogen-bond donors (Lipinski definition) is 1. The molecule has 4 nitrogen and oxygen atoms in total. The van der Waals surface area contributed by atoms with Crippen LogP contribution in [0.3, 0.4) is 0 Å². The predicted molar refractivity (Wildman–Crippen MR) is 59.8 cm³/mol. The summed E-state index contributed by atoms with van der Waals surface area (Å²) in [6.45, 7) is 11.3. The Labute approximate surface area is 83.2 Å². The lowest BCUT2D eigenvalue weighted by atomic mass is 11.8. The first kappa shape index (κ1) is 13.3. The van der Waals surface area contributed by atoms with E-state index in [2.05, 4.69) is 4.39 Å². The van der Waals surface area contributed by atoms with Gasteiger partial charge in [-0.25, -0.2) is 4.39 Å². The molecule has 0 amide bonds. The molecule has 0 spiro atoms. The van der Waals surface area contributed by atoms with Gasteiger partial charge in [-0.15, -0.1) is 0 Å². The summed E-state index contributed by atoms with van der Waals surface area (Å²) in [5.41, 5.74) is 0. The third kappa shape index (κ3) is 8.63. The Hall–Kier alpha value is 0.304. The fourth-order valence-electron chi connectivity index (χ4n) is 0.725. The van der Waals surface area contributed by atoms with Crippen LogP contribution in [0.1, 0.15) is 0 Å². The highest BCUT2D eigenvalue weighted by Crippen LogP contribution is 2.08. The largest absolute Gasteiger partial charge is 0.320 e. The van der Waals surface area contributed by atoms with Crippen LogP contribution in [-0.2, 0) is 14.2 Å². The zero-order chi connectivity index (χ0) is 10.9. The minimum atomic E-state index is -3.52. The van der Waals surface area contributed by atoms with E-state index in [9.17, 15) is 8.42 Å². The monoisotopic (exact) mass is 241 g/mol. The first-order valence-electron chi connectivity index (χ1n) is 4.16. The van der Waals surface area contributed by atoms with Gasteiger partial charge in [-0.1, -0.05) is 19.6 Å². The summed E-state index contributed by atoms with van der Waals surface area (Å²) in [5, 5.41) is 0. The molecule has 0 saturated carbocycles. The van der Waals surface area contributed by atoms with E-state index in [4.69, 9.17) is 3.87 Å². The highest BCUT2D eigenvalue weighted by atomic mass is 32.2. The molecule has 0 aliphatic carbocycles. The number of rotatable bonds is 4. The zero-order valence-electron chi connectivity index (χ0n) is 9.13. The van der Waals surface area contributed by atoms with Crippen LogP contribution in [0, 0.1) is 0 Å². The molecular formula is C6H19NO3SSi2. The van der Waals surface area contributed by atoms with Gasteiger partial charge in [0.2, 0.25) is 8.32 Å². The van der Waals surface area contributed by atoms with Crippen LogP contribution in [-0.4, -0.2) is 25.0 Å². The average Bonchev–Trinajstić information content (AvgIpc) is 1.43. The van der Waals surface area contributed by atoms with Crippen molar-refractivity contribution in [3.05, 3.63) is 0 Å². The molecule has 0 saturated heterocycles. The summed E-state index contributed by atoms with van der Waals surface area (Å²) in [7, 11) is -7.38. The molecule has 0 unspecified atom stereocenters. The van der Waals surface area contributed by atoms with Crippen LogP contribution < -0.4 is 4.39 Å². The lowest BCUT2D eigenvalue weighted by molar-refractivity contribution is 0.481. The van der Waals surface area contributed by atoms with Crippen molar-refractivity contribution in [2.24, 2.45) is 0 Å². The smallest absolute Gasteiger partial charge is 0.304 e. The molecule has 13 heavy (non-hydrogen) atoms. The van der Waals surface area contributed by atoms with Crippen molar-refractivity contribution < 1.29 is 12.3 Å². The summed E-state index contributed by atoms with van der Waals surface area (Å²) in [4.78, 5) is 0. The van der Waals surface area contributed by atoms with Gasteiger partial charge in [-0.3, -0.25) is 0 Å². The van der Waals surface area contributed by atoms with Gasteiger partial charge >= 0.3 is 10.3 Å². The molecule has 0 heterocycles. The zero-order valence-corrected chi connectivity index (χ0v) is 11.9. The SMILES string of the molecule is C[Si](C)(C)NS(=O)(=O)O[Si](C)(C)C. The van der Waals surface area contributed by atoms with Gasteiger partial charge in [0.15, 0.2) is 0 Å². The van der Waals surface area contributed by atoms with Crippen molar-refractivity contribution >= 4 is 26.9 Å². The van der Waals surface area contributed by atoms with Crippen molar-refractivity contribution in [1.29, 1.82) is 0 Å². The maximum atomic E-state index is 11.4. The highest BCUT2D eigenvalue weighted by molar-refractivity contribution is 7.87. The lowest BCUT2D eigenvalue weighted by Crippen LogP contribution is -2.48. The van der Waals surface area contributed by atoms with Gasteiger partial charge in [0.05, 0.1) is 0 Å². The first-order valence-corrected chi connectivity index (χ1v) is 12.5. The second-order valence-electron chi connectivity index (χ2n) is 5.00. The van der Waals surface area contributed by atoms with E-state index in [1.54, 1.807) is 0 Å². The van der Waals surface area contributed by atoms with E-state index in [1.165, 1.54) is 0 Å². The molecule has 0 rings (SSSR count). The summed E-state index contributed by atoms with van der Waals surface area (Å²) in [6.07, 6.45) is 0. The van der Waals surface area contributed by atoms with Crippen LogP contribution in [0.15, 0.2) is 0 Å². The van der Waals surface area contributed by atoms with Crippen molar-refractivity contribution in [2.45, 2.75) is 39.3 Å². The van der Waals surface area contributed by atoms with Gasteiger partial charge in [0.25, 0.3) is 0 Å². The van der Waals surface area contributed by atoms with Gasteiger partial charge in [-0.2, -0.15) is 8.42 Å². The van der Waals surface area contributed by atoms with Gasteiger partial charge in [0.1, 0.15) is 8.24 Å². The second-order valence-corrected chi connectivity index (χ2v) is 16.1. The van der Waals surface area contributed by atoms with Gasteiger partial charge < -0.3 is 3.87 Å². The fourth-order valence-corrected chi connectivity index (χ4v) is 6.90. The fraction of sp³-hybridized carbons (Fsp3) is 1.00. The molecule has 0 aromatic carbocycles. The Morgan fingerprint density at radius 3 is 1.62 bits per heavy atom. The van der Waals surface area contributed by atoms with Crippen LogP contribution in [0.4, 0.5) is 0 Å². The normalized spacial score (nSPS) is 14.6. The molecular weight excluding hydrogens is 222 g/mol. The van der Waals surface area contributed by atoms with Crippen molar-refractivity contribution in [2.75, 3.05) is 0 Å².